The highest BCUT2D eigenvalue weighted by molar-refractivity contribution is 5.55. The number of hydrogen-bond donors (Lipinski definition) is 0. The Bertz CT molecular complexity index is 741. The van der Waals surface area contributed by atoms with Crippen LogP contribution in [0.15, 0.2) is 48.8 Å². The van der Waals surface area contributed by atoms with E-state index in [1.54, 1.807) is 12.4 Å². The van der Waals surface area contributed by atoms with Crippen molar-refractivity contribution in [2.45, 2.75) is 90.9 Å². The Morgan fingerprint density at radius 1 is 0.727 bits per heavy atom. The predicted octanol–water partition coefficient (Wildman–Crippen LogP) is 7.97. The number of hydrogen-bond acceptors (Lipinski definition) is 4. The topological polar surface area (TPSA) is 44.2 Å². The van der Waals surface area contributed by atoms with Gasteiger partial charge in [-0.3, -0.25) is 0 Å². The lowest BCUT2D eigenvalue weighted by atomic mass is 10.0. The summed E-state index contributed by atoms with van der Waals surface area (Å²) in [5.41, 5.74) is 2.40. The summed E-state index contributed by atoms with van der Waals surface area (Å²) in [5, 5.41) is 0. The zero-order valence-electron chi connectivity index (χ0n) is 20.9. The number of allylic oxidation sites excluding steroid dienone is 1. The number of aryl methyl sites for hydroxylation is 1. The van der Waals surface area contributed by atoms with E-state index in [9.17, 15) is 0 Å². The van der Waals surface area contributed by atoms with Gasteiger partial charge in [-0.2, -0.15) is 0 Å². The van der Waals surface area contributed by atoms with E-state index in [-0.39, 0.29) is 0 Å². The van der Waals surface area contributed by atoms with E-state index in [1.165, 1.54) is 56.9 Å². The summed E-state index contributed by atoms with van der Waals surface area (Å²) in [5.74, 6) is 1.45. The van der Waals surface area contributed by atoms with Gasteiger partial charge in [0.25, 0.3) is 0 Å². The van der Waals surface area contributed by atoms with Gasteiger partial charge in [0.2, 0.25) is 0 Å². The number of benzene rings is 1. The van der Waals surface area contributed by atoms with Crippen molar-refractivity contribution in [3.63, 3.8) is 0 Å². The van der Waals surface area contributed by atoms with E-state index in [2.05, 4.69) is 60.2 Å². The lowest BCUT2D eigenvalue weighted by Gasteiger charge is -2.06. The Morgan fingerprint density at radius 2 is 1.45 bits per heavy atom. The molecule has 0 atom stereocenters. The molecule has 0 aliphatic rings. The van der Waals surface area contributed by atoms with Gasteiger partial charge in [0.05, 0.1) is 12.4 Å². The maximum absolute atomic E-state index is 5.74. The van der Waals surface area contributed by atoms with Crippen LogP contribution in [0.4, 0.5) is 0 Å². The summed E-state index contributed by atoms with van der Waals surface area (Å²) >= 11 is 0. The molecule has 0 unspecified atom stereocenters. The summed E-state index contributed by atoms with van der Waals surface area (Å²) < 4.78 is 11.3. The first kappa shape index (κ1) is 27.0. The highest BCUT2D eigenvalue weighted by Crippen LogP contribution is 2.18. The minimum atomic E-state index is 0.567. The van der Waals surface area contributed by atoms with Crippen LogP contribution >= 0.6 is 0 Å². The molecule has 182 valence electrons. The smallest absolute Gasteiger partial charge is 0.159 e. The van der Waals surface area contributed by atoms with Crippen LogP contribution in [0, 0.1) is 0 Å². The fourth-order valence-corrected chi connectivity index (χ4v) is 3.69. The summed E-state index contributed by atoms with van der Waals surface area (Å²) in [7, 11) is 0. The number of aromatic nitrogens is 2. The molecule has 4 heteroatoms. The molecule has 1 heterocycles. The predicted molar refractivity (Wildman–Crippen MR) is 139 cm³/mol. The van der Waals surface area contributed by atoms with Crippen LogP contribution in [0.25, 0.3) is 11.4 Å². The fourth-order valence-electron chi connectivity index (χ4n) is 3.69. The Labute approximate surface area is 201 Å². The second-order valence-electron chi connectivity index (χ2n) is 8.70. The Morgan fingerprint density at radius 3 is 2.21 bits per heavy atom. The Hall–Kier alpha value is -2.20. The van der Waals surface area contributed by atoms with Crippen LogP contribution in [0.1, 0.15) is 90.0 Å². The number of nitrogens with zero attached hydrogens (tertiary/aromatic N) is 2. The third kappa shape index (κ3) is 12.6. The zero-order chi connectivity index (χ0) is 23.4. The maximum Gasteiger partial charge on any atom is 0.159 e. The average molecular weight is 453 g/mol. The second kappa shape index (κ2) is 18.3. The number of unbranched alkanes of at least 4 members (excludes halogenated alkanes) is 8. The number of ether oxygens (including phenoxy) is 2. The molecule has 1 aromatic heterocycles. The summed E-state index contributed by atoms with van der Waals surface area (Å²) in [4.78, 5) is 8.96. The molecule has 0 aliphatic carbocycles. The molecule has 0 aliphatic heterocycles. The molecular formula is C29H44N2O2. The fraction of sp³-hybridized carbons (Fsp3) is 0.586. The van der Waals surface area contributed by atoms with Crippen molar-refractivity contribution in [3.8, 4) is 17.1 Å². The number of rotatable bonds is 19. The maximum atomic E-state index is 5.74. The van der Waals surface area contributed by atoms with E-state index < -0.39 is 0 Å². The Balaban J connectivity index is 1.62. The first-order valence-electron chi connectivity index (χ1n) is 13.1. The van der Waals surface area contributed by atoms with Gasteiger partial charge >= 0.3 is 0 Å². The SMILES string of the molecule is CCCCCCCC/C=C/COc1cnc(-c2ccc(CCCCCOCCC)cc2)nc1. The standard InChI is InChI=1S/C29H44N2O2/c1-3-5-6-7-8-9-10-11-15-23-33-28-24-30-29(31-25-28)27-19-17-26(18-20-27)16-13-12-14-22-32-21-4-2/h11,15,17-20,24-25H,3-10,12-14,16,21-23H2,1-2H3/b15-11+. The van der Waals surface area contributed by atoms with Crippen molar-refractivity contribution >= 4 is 0 Å². The van der Waals surface area contributed by atoms with Crippen LogP contribution in [0.3, 0.4) is 0 Å². The van der Waals surface area contributed by atoms with Crippen LogP contribution in [0.5, 0.6) is 5.75 Å². The van der Waals surface area contributed by atoms with Gasteiger partial charge in [-0.25, -0.2) is 9.97 Å². The molecule has 0 amide bonds. The van der Waals surface area contributed by atoms with Crippen LogP contribution in [-0.2, 0) is 11.2 Å². The van der Waals surface area contributed by atoms with Crippen LogP contribution in [0.2, 0.25) is 0 Å². The van der Waals surface area contributed by atoms with Gasteiger partial charge in [-0.1, -0.05) is 88.8 Å². The van der Waals surface area contributed by atoms with Gasteiger partial charge in [-0.05, 0) is 44.1 Å². The van der Waals surface area contributed by atoms with E-state index in [1.807, 2.05) is 0 Å². The van der Waals surface area contributed by atoms with Crippen molar-refractivity contribution < 1.29 is 9.47 Å². The molecule has 0 spiro atoms. The third-order valence-corrected chi connectivity index (χ3v) is 5.68. The van der Waals surface area contributed by atoms with Gasteiger partial charge in [0.1, 0.15) is 6.61 Å². The molecule has 0 bridgehead atoms. The normalized spacial score (nSPS) is 11.3. The van der Waals surface area contributed by atoms with Crippen molar-refractivity contribution in [1.29, 1.82) is 0 Å². The van der Waals surface area contributed by atoms with Gasteiger partial charge in [-0.15, -0.1) is 0 Å². The molecule has 2 rings (SSSR count). The largest absolute Gasteiger partial charge is 0.486 e. The van der Waals surface area contributed by atoms with Crippen LogP contribution in [-0.4, -0.2) is 29.8 Å². The lowest BCUT2D eigenvalue weighted by Crippen LogP contribution is -1.97. The molecule has 33 heavy (non-hydrogen) atoms. The highest BCUT2D eigenvalue weighted by Gasteiger charge is 2.03. The second-order valence-corrected chi connectivity index (χ2v) is 8.70. The highest BCUT2D eigenvalue weighted by atomic mass is 16.5. The molecular weight excluding hydrogens is 408 g/mol. The van der Waals surface area contributed by atoms with Crippen molar-refractivity contribution in [3.05, 3.63) is 54.4 Å². The summed E-state index contributed by atoms with van der Waals surface area (Å²) in [6, 6.07) is 8.59. The third-order valence-electron chi connectivity index (χ3n) is 5.68. The minimum absolute atomic E-state index is 0.567. The van der Waals surface area contributed by atoms with Crippen molar-refractivity contribution in [2.24, 2.45) is 0 Å². The van der Waals surface area contributed by atoms with Gasteiger partial charge in [0, 0.05) is 18.8 Å². The molecule has 0 radical (unpaired) electrons. The van der Waals surface area contributed by atoms with E-state index >= 15 is 0 Å². The first-order chi connectivity index (χ1) is 16.3. The quantitative estimate of drug-likeness (QED) is 0.160. The molecule has 0 fully saturated rings. The molecule has 0 saturated carbocycles. The molecule has 2 aromatic rings. The summed E-state index contributed by atoms with van der Waals surface area (Å²) in [6.07, 6.45) is 22.7. The van der Waals surface area contributed by atoms with Crippen LogP contribution < -0.4 is 4.74 Å². The van der Waals surface area contributed by atoms with E-state index in [0.29, 0.717) is 12.4 Å². The lowest BCUT2D eigenvalue weighted by molar-refractivity contribution is 0.130. The van der Waals surface area contributed by atoms with Crippen molar-refractivity contribution in [2.75, 3.05) is 19.8 Å². The van der Waals surface area contributed by atoms with E-state index in [4.69, 9.17) is 9.47 Å². The average Bonchev–Trinajstić information content (AvgIpc) is 2.85. The summed E-state index contributed by atoms with van der Waals surface area (Å²) in [6.45, 7) is 6.74. The molecule has 1 aromatic carbocycles. The van der Waals surface area contributed by atoms with Gasteiger partial charge < -0.3 is 9.47 Å². The van der Waals surface area contributed by atoms with Gasteiger partial charge in [0.15, 0.2) is 11.6 Å². The first-order valence-corrected chi connectivity index (χ1v) is 13.1. The van der Waals surface area contributed by atoms with E-state index in [0.717, 1.165) is 50.3 Å². The zero-order valence-corrected chi connectivity index (χ0v) is 20.9. The molecule has 0 saturated heterocycles. The van der Waals surface area contributed by atoms with Crippen molar-refractivity contribution in [1.82, 2.24) is 9.97 Å². The Kier molecular flexibility index (Phi) is 15.0. The minimum Gasteiger partial charge on any atom is -0.486 e. The monoisotopic (exact) mass is 452 g/mol. The molecule has 0 N–H and O–H groups in total. The molecule has 4 nitrogen and oxygen atoms in total.